The van der Waals surface area contributed by atoms with Crippen LogP contribution in [0.4, 0.5) is 10.5 Å². The Balaban J connectivity index is 1.75. The van der Waals surface area contributed by atoms with Crippen LogP contribution in [0, 0.1) is 13.8 Å². The first-order chi connectivity index (χ1) is 12.9. The van der Waals surface area contributed by atoms with Gasteiger partial charge in [-0.25, -0.2) is 9.78 Å². The van der Waals surface area contributed by atoms with Crippen LogP contribution < -0.4 is 9.64 Å². The number of carbonyl (C=O) groups is 1. The van der Waals surface area contributed by atoms with E-state index >= 15 is 0 Å². The summed E-state index contributed by atoms with van der Waals surface area (Å²) in [5, 5.41) is 0. The first kappa shape index (κ1) is 19.1. The van der Waals surface area contributed by atoms with Crippen LogP contribution in [0.25, 0.3) is 5.82 Å². The lowest BCUT2D eigenvalue weighted by Gasteiger charge is -2.36. The number of aromatic nitrogens is 2. The van der Waals surface area contributed by atoms with Gasteiger partial charge in [-0.3, -0.25) is 0 Å². The van der Waals surface area contributed by atoms with E-state index in [1.807, 2.05) is 26.1 Å². The molecule has 3 heterocycles. The van der Waals surface area contributed by atoms with Crippen molar-refractivity contribution in [1.82, 2.24) is 14.5 Å². The number of nitrogens with zero attached hydrogens (tertiary/aromatic N) is 4. The van der Waals surface area contributed by atoms with Gasteiger partial charge in [0.15, 0.2) is 0 Å². The molecule has 7 nitrogen and oxygen atoms in total. The summed E-state index contributed by atoms with van der Waals surface area (Å²) < 4.78 is 13.0. The highest BCUT2D eigenvalue weighted by Crippen LogP contribution is 2.30. The van der Waals surface area contributed by atoms with Crippen LogP contribution in [0.2, 0.25) is 0 Å². The minimum absolute atomic E-state index is 0.104. The number of hydrogen-bond acceptors (Lipinski definition) is 5. The summed E-state index contributed by atoms with van der Waals surface area (Å²) in [6.07, 6.45) is 1.51. The molecular weight excluding hydrogens is 344 g/mol. The van der Waals surface area contributed by atoms with Crippen molar-refractivity contribution < 1.29 is 14.3 Å². The maximum absolute atomic E-state index is 12.1. The molecule has 1 fully saturated rings. The van der Waals surface area contributed by atoms with E-state index in [2.05, 4.69) is 40.4 Å². The van der Waals surface area contributed by atoms with Crippen molar-refractivity contribution >= 4 is 11.8 Å². The number of methoxy groups -OCH3 is 1. The summed E-state index contributed by atoms with van der Waals surface area (Å²) >= 11 is 0. The monoisotopic (exact) mass is 372 g/mol. The van der Waals surface area contributed by atoms with E-state index < -0.39 is 0 Å². The minimum Gasteiger partial charge on any atom is -0.494 e. The van der Waals surface area contributed by atoms with Gasteiger partial charge in [0.1, 0.15) is 11.6 Å². The minimum atomic E-state index is -0.247. The van der Waals surface area contributed by atoms with Gasteiger partial charge in [0.05, 0.1) is 25.1 Å². The number of hydrogen-bond donors (Lipinski definition) is 0. The van der Waals surface area contributed by atoms with Crippen LogP contribution >= 0.6 is 0 Å². The zero-order valence-corrected chi connectivity index (χ0v) is 16.7. The summed E-state index contributed by atoms with van der Waals surface area (Å²) in [4.78, 5) is 20.7. The average Bonchev–Trinajstić information content (AvgIpc) is 2.99. The second-order valence-corrected chi connectivity index (χ2v) is 7.07. The van der Waals surface area contributed by atoms with Gasteiger partial charge in [0, 0.05) is 43.6 Å². The summed E-state index contributed by atoms with van der Waals surface area (Å²) in [5.74, 6) is 1.63. The molecule has 0 aromatic carbocycles. The fourth-order valence-electron chi connectivity index (χ4n) is 3.38. The van der Waals surface area contributed by atoms with Crippen LogP contribution in [0.1, 0.15) is 25.2 Å². The van der Waals surface area contributed by atoms with Gasteiger partial charge in [-0.05, 0) is 39.8 Å². The van der Waals surface area contributed by atoms with Gasteiger partial charge in [-0.2, -0.15) is 0 Å². The maximum atomic E-state index is 12.1. The van der Waals surface area contributed by atoms with Gasteiger partial charge in [0.25, 0.3) is 0 Å². The Labute approximate surface area is 160 Å². The quantitative estimate of drug-likeness (QED) is 0.825. The van der Waals surface area contributed by atoms with Gasteiger partial charge in [0.2, 0.25) is 0 Å². The number of amides is 1. The van der Waals surface area contributed by atoms with Crippen molar-refractivity contribution in [3.63, 3.8) is 0 Å². The van der Waals surface area contributed by atoms with Crippen molar-refractivity contribution in [3.8, 4) is 11.6 Å². The number of anilines is 1. The Bertz CT molecular complexity index is 788. The van der Waals surface area contributed by atoms with E-state index in [4.69, 9.17) is 9.47 Å². The normalized spacial score (nSPS) is 14.6. The van der Waals surface area contributed by atoms with E-state index in [-0.39, 0.29) is 12.2 Å². The Morgan fingerprint density at radius 2 is 1.74 bits per heavy atom. The molecule has 0 atom stereocenters. The van der Waals surface area contributed by atoms with E-state index in [1.54, 1.807) is 12.0 Å². The first-order valence-corrected chi connectivity index (χ1v) is 9.30. The second kappa shape index (κ2) is 7.90. The standard InChI is InChI=1S/C20H28N4O3/c1-14(2)27-20(25)23-10-8-22(9-11-23)17-13-21-19(12-18(17)26-5)24-15(3)6-7-16(24)4/h6-7,12-14H,8-11H2,1-5H3. The van der Waals surface area contributed by atoms with Crippen LogP contribution in [-0.4, -0.2) is 59.9 Å². The predicted molar refractivity (Wildman–Crippen MR) is 105 cm³/mol. The SMILES string of the molecule is COc1cc(-n2c(C)ccc2C)ncc1N1CCN(C(=O)OC(C)C)CC1. The molecule has 2 aromatic rings. The molecule has 0 saturated carbocycles. The zero-order valence-electron chi connectivity index (χ0n) is 16.7. The highest BCUT2D eigenvalue weighted by Gasteiger charge is 2.25. The van der Waals surface area contributed by atoms with Crippen molar-refractivity contribution in [2.75, 3.05) is 38.2 Å². The molecule has 0 radical (unpaired) electrons. The molecule has 1 amide bonds. The molecule has 0 unspecified atom stereocenters. The molecule has 2 aromatic heterocycles. The molecule has 1 aliphatic rings. The van der Waals surface area contributed by atoms with Crippen molar-refractivity contribution in [2.24, 2.45) is 0 Å². The Morgan fingerprint density at radius 3 is 2.30 bits per heavy atom. The van der Waals surface area contributed by atoms with Crippen molar-refractivity contribution in [2.45, 2.75) is 33.8 Å². The van der Waals surface area contributed by atoms with Crippen LogP contribution in [0.15, 0.2) is 24.4 Å². The molecule has 0 aliphatic carbocycles. The van der Waals surface area contributed by atoms with Crippen molar-refractivity contribution in [1.29, 1.82) is 0 Å². The topological polar surface area (TPSA) is 59.8 Å². The van der Waals surface area contributed by atoms with Gasteiger partial charge >= 0.3 is 6.09 Å². The molecule has 0 N–H and O–H groups in total. The molecule has 27 heavy (non-hydrogen) atoms. The summed E-state index contributed by atoms with van der Waals surface area (Å²) in [7, 11) is 1.67. The third-order valence-electron chi connectivity index (χ3n) is 4.77. The Kier molecular flexibility index (Phi) is 5.58. The third kappa shape index (κ3) is 4.02. The molecule has 3 rings (SSSR count). The lowest BCUT2D eigenvalue weighted by atomic mass is 10.2. The largest absolute Gasteiger partial charge is 0.494 e. The number of carbonyl (C=O) groups excluding carboxylic acids is 1. The summed E-state index contributed by atoms with van der Waals surface area (Å²) in [6, 6.07) is 6.12. The number of piperazine rings is 1. The van der Waals surface area contributed by atoms with Crippen LogP contribution in [0.5, 0.6) is 5.75 Å². The number of pyridine rings is 1. The van der Waals surface area contributed by atoms with Gasteiger partial charge in [-0.1, -0.05) is 0 Å². The molecule has 1 saturated heterocycles. The molecule has 0 spiro atoms. The highest BCUT2D eigenvalue weighted by atomic mass is 16.6. The van der Waals surface area contributed by atoms with Gasteiger partial charge in [-0.15, -0.1) is 0 Å². The van der Waals surface area contributed by atoms with Crippen molar-refractivity contribution in [3.05, 3.63) is 35.8 Å². The fraction of sp³-hybridized carbons (Fsp3) is 0.500. The first-order valence-electron chi connectivity index (χ1n) is 9.30. The average molecular weight is 372 g/mol. The predicted octanol–water partition coefficient (Wildman–Crippen LogP) is 3.16. The molecule has 1 aliphatic heterocycles. The fourth-order valence-corrected chi connectivity index (χ4v) is 3.38. The summed E-state index contributed by atoms with van der Waals surface area (Å²) in [5.41, 5.74) is 3.21. The van der Waals surface area contributed by atoms with Gasteiger partial charge < -0.3 is 23.8 Å². The van der Waals surface area contributed by atoms with Crippen LogP contribution in [-0.2, 0) is 4.74 Å². The van der Waals surface area contributed by atoms with E-state index in [9.17, 15) is 4.79 Å². The smallest absolute Gasteiger partial charge is 0.410 e. The van der Waals surface area contributed by atoms with Crippen LogP contribution in [0.3, 0.4) is 0 Å². The summed E-state index contributed by atoms with van der Waals surface area (Å²) in [6.45, 7) is 10.5. The van der Waals surface area contributed by atoms with E-state index in [0.29, 0.717) is 26.2 Å². The second-order valence-electron chi connectivity index (χ2n) is 7.07. The van der Waals surface area contributed by atoms with E-state index in [0.717, 1.165) is 28.6 Å². The lowest BCUT2D eigenvalue weighted by Crippen LogP contribution is -2.49. The number of ether oxygens (including phenoxy) is 2. The molecule has 0 bridgehead atoms. The maximum Gasteiger partial charge on any atom is 0.410 e. The highest BCUT2D eigenvalue weighted by molar-refractivity contribution is 5.68. The Morgan fingerprint density at radius 1 is 1.11 bits per heavy atom. The lowest BCUT2D eigenvalue weighted by molar-refractivity contribution is 0.0751. The molecule has 146 valence electrons. The Hall–Kier alpha value is -2.70. The zero-order chi connectivity index (χ0) is 19.6. The third-order valence-corrected chi connectivity index (χ3v) is 4.77. The molecule has 7 heteroatoms. The number of rotatable bonds is 4. The number of aryl methyl sites for hydroxylation is 2. The molecular formula is C20H28N4O3. The van der Waals surface area contributed by atoms with E-state index in [1.165, 1.54) is 0 Å².